The number of benzene rings is 1. The minimum Gasteiger partial charge on any atom is -0.494 e. The first kappa shape index (κ1) is 16.8. The molecule has 8 heteroatoms. The molecule has 0 amide bonds. The van der Waals surface area contributed by atoms with E-state index in [-0.39, 0.29) is 11.4 Å². The summed E-state index contributed by atoms with van der Waals surface area (Å²) in [7, 11) is 1.41. The van der Waals surface area contributed by atoms with Gasteiger partial charge in [0, 0.05) is 35.9 Å². The van der Waals surface area contributed by atoms with Gasteiger partial charge in [-0.25, -0.2) is 14.2 Å². The lowest BCUT2D eigenvalue weighted by Crippen LogP contribution is -2.23. The number of hydrogen-bond donors (Lipinski definition) is 1. The van der Waals surface area contributed by atoms with E-state index in [0.717, 1.165) is 16.7 Å². The van der Waals surface area contributed by atoms with E-state index < -0.39 is 5.82 Å². The number of aromatic amines is 1. The second kappa shape index (κ2) is 6.91. The summed E-state index contributed by atoms with van der Waals surface area (Å²) in [5.41, 5.74) is 2.35. The lowest BCUT2D eigenvalue weighted by molar-refractivity contribution is 0.385. The number of ether oxygens (including phenoxy) is 1. The van der Waals surface area contributed by atoms with E-state index in [1.807, 2.05) is 6.07 Å². The van der Waals surface area contributed by atoms with Gasteiger partial charge >= 0.3 is 5.69 Å². The van der Waals surface area contributed by atoms with Crippen LogP contribution in [-0.4, -0.2) is 31.4 Å². The summed E-state index contributed by atoms with van der Waals surface area (Å²) >= 11 is 0. The zero-order valence-corrected chi connectivity index (χ0v) is 14.5. The summed E-state index contributed by atoms with van der Waals surface area (Å²) < 4.78 is 21.5. The molecule has 0 atom stereocenters. The molecule has 4 rings (SSSR count). The molecule has 1 N–H and O–H groups in total. The second-order valence-electron chi connectivity index (χ2n) is 5.94. The van der Waals surface area contributed by atoms with Crippen LogP contribution in [0.4, 0.5) is 4.39 Å². The third kappa shape index (κ3) is 3.24. The molecule has 0 unspecified atom stereocenters. The van der Waals surface area contributed by atoms with E-state index in [0.29, 0.717) is 12.4 Å². The SMILES string of the molecule is COc1cc(Cn2ccn(-c3ccc(-c4cn[nH]c4)cn3)c2=O)ccc1F. The highest BCUT2D eigenvalue weighted by molar-refractivity contribution is 5.60. The Kier molecular flexibility index (Phi) is 4.29. The third-order valence-corrected chi connectivity index (χ3v) is 4.24. The topological polar surface area (TPSA) is 77.7 Å². The van der Waals surface area contributed by atoms with Gasteiger partial charge in [-0.3, -0.25) is 14.2 Å². The maximum atomic E-state index is 13.5. The van der Waals surface area contributed by atoms with Gasteiger partial charge in [0.25, 0.3) is 0 Å². The van der Waals surface area contributed by atoms with E-state index in [1.54, 1.807) is 49.2 Å². The fourth-order valence-electron chi connectivity index (χ4n) is 2.82. The molecule has 1 aromatic carbocycles. The predicted octanol–water partition coefficient (Wildman–Crippen LogP) is 2.62. The summed E-state index contributed by atoms with van der Waals surface area (Å²) in [6, 6.07) is 8.18. The molecule has 7 nitrogen and oxygen atoms in total. The number of rotatable bonds is 5. The molecule has 3 heterocycles. The van der Waals surface area contributed by atoms with Crippen LogP contribution in [-0.2, 0) is 6.54 Å². The summed E-state index contributed by atoms with van der Waals surface area (Å²) in [5, 5.41) is 6.66. The number of H-pyrrole nitrogens is 1. The van der Waals surface area contributed by atoms with Crippen molar-refractivity contribution in [3.8, 4) is 22.7 Å². The van der Waals surface area contributed by atoms with Crippen LogP contribution < -0.4 is 10.4 Å². The predicted molar refractivity (Wildman–Crippen MR) is 97.5 cm³/mol. The highest BCUT2D eigenvalue weighted by atomic mass is 19.1. The molecular weight excluding hydrogens is 349 g/mol. The number of hydrogen-bond acceptors (Lipinski definition) is 4. The number of methoxy groups -OCH3 is 1. The Labute approximate surface area is 153 Å². The van der Waals surface area contributed by atoms with E-state index in [4.69, 9.17) is 4.74 Å². The van der Waals surface area contributed by atoms with E-state index in [9.17, 15) is 9.18 Å². The molecule has 0 spiro atoms. The number of aromatic nitrogens is 5. The molecule has 136 valence electrons. The maximum absolute atomic E-state index is 13.5. The Balaban J connectivity index is 1.60. The Bertz CT molecular complexity index is 1110. The smallest absolute Gasteiger partial charge is 0.334 e. The average molecular weight is 365 g/mol. The van der Waals surface area contributed by atoms with Gasteiger partial charge in [-0.15, -0.1) is 0 Å². The molecule has 0 bridgehead atoms. The molecule has 0 fully saturated rings. The van der Waals surface area contributed by atoms with Crippen molar-refractivity contribution in [2.24, 2.45) is 0 Å². The van der Waals surface area contributed by atoms with Gasteiger partial charge in [-0.2, -0.15) is 5.10 Å². The first-order valence-electron chi connectivity index (χ1n) is 8.21. The van der Waals surface area contributed by atoms with Gasteiger partial charge in [-0.05, 0) is 29.8 Å². The lowest BCUT2D eigenvalue weighted by Gasteiger charge is -2.06. The standard InChI is InChI=1S/C19H16FN5O2/c1-27-17-8-13(2-4-16(17)20)12-24-6-7-25(19(24)26)18-5-3-14(9-21-18)15-10-22-23-11-15/h2-11H,12H2,1H3,(H,22,23). The molecule has 4 aromatic rings. The fraction of sp³-hybridized carbons (Fsp3) is 0.105. The summed E-state index contributed by atoms with van der Waals surface area (Å²) in [5.74, 6) is 0.229. The van der Waals surface area contributed by atoms with Crippen LogP contribution in [0.15, 0.2) is 66.1 Å². The first-order valence-corrected chi connectivity index (χ1v) is 8.21. The van der Waals surface area contributed by atoms with Gasteiger partial charge in [0.15, 0.2) is 11.6 Å². The van der Waals surface area contributed by atoms with Crippen molar-refractivity contribution in [1.82, 2.24) is 24.3 Å². The number of imidazole rings is 1. The molecular formula is C19H16FN5O2. The monoisotopic (exact) mass is 365 g/mol. The molecule has 0 aliphatic rings. The lowest BCUT2D eigenvalue weighted by atomic mass is 10.2. The number of halogens is 1. The van der Waals surface area contributed by atoms with Crippen molar-refractivity contribution < 1.29 is 9.13 Å². The molecule has 0 radical (unpaired) electrons. The van der Waals surface area contributed by atoms with Crippen molar-refractivity contribution in [2.75, 3.05) is 7.11 Å². The largest absolute Gasteiger partial charge is 0.494 e. The van der Waals surface area contributed by atoms with Crippen molar-refractivity contribution in [1.29, 1.82) is 0 Å². The Morgan fingerprint density at radius 3 is 2.74 bits per heavy atom. The normalized spacial score (nSPS) is 10.9. The van der Waals surface area contributed by atoms with Crippen molar-refractivity contribution in [3.63, 3.8) is 0 Å². The van der Waals surface area contributed by atoms with E-state index in [2.05, 4.69) is 15.2 Å². The summed E-state index contributed by atoms with van der Waals surface area (Å²) in [6.07, 6.45) is 8.49. The summed E-state index contributed by atoms with van der Waals surface area (Å²) in [4.78, 5) is 17.0. The summed E-state index contributed by atoms with van der Waals surface area (Å²) in [6.45, 7) is 0.301. The minimum absolute atomic E-state index is 0.150. The number of nitrogens with zero attached hydrogens (tertiary/aromatic N) is 4. The van der Waals surface area contributed by atoms with Crippen molar-refractivity contribution >= 4 is 0 Å². The highest BCUT2D eigenvalue weighted by Gasteiger charge is 2.10. The van der Waals surface area contributed by atoms with E-state index in [1.165, 1.54) is 22.3 Å². The third-order valence-electron chi connectivity index (χ3n) is 4.24. The highest BCUT2D eigenvalue weighted by Crippen LogP contribution is 2.19. The van der Waals surface area contributed by atoms with Crippen molar-refractivity contribution in [2.45, 2.75) is 6.54 Å². The zero-order valence-electron chi connectivity index (χ0n) is 14.5. The van der Waals surface area contributed by atoms with Crippen LogP contribution >= 0.6 is 0 Å². The molecule has 0 saturated carbocycles. The molecule has 27 heavy (non-hydrogen) atoms. The van der Waals surface area contributed by atoms with Crippen molar-refractivity contribution in [3.05, 3.63) is 83.2 Å². The zero-order chi connectivity index (χ0) is 18.8. The van der Waals surface area contributed by atoms with Crippen LogP contribution in [0.3, 0.4) is 0 Å². The van der Waals surface area contributed by atoms with Crippen LogP contribution in [0.5, 0.6) is 5.75 Å². The van der Waals surface area contributed by atoms with E-state index >= 15 is 0 Å². The molecule has 0 aliphatic heterocycles. The number of nitrogens with one attached hydrogen (secondary N) is 1. The fourth-order valence-corrected chi connectivity index (χ4v) is 2.82. The number of pyridine rings is 1. The Hall–Kier alpha value is -3.68. The van der Waals surface area contributed by atoms with Crippen LogP contribution in [0.2, 0.25) is 0 Å². The van der Waals surface area contributed by atoms with Crippen LogP contribution in [0, 0.1) is 5.82 Å². The van der Waals surface area contributed by atoms with Gasteiger partial charge in [0.2, 0.25) is 0 Å². The second-order valence-corrected chi connectivity index (χ2v) is 5.94. The minimum atomic E-state index is -0.437. The van der Waals surface area contributed by atoms with Gasteiger partial charge < -0.3 is 4.74 Å². The molecule has 0 aliphatic carbocycles. The van der Waals surface area contributed by atoms with Crippen LogP contribution in [0.25, 0.3) is 16.9 Å². The molecule has 3 aromatic heterocycles. The van der Waals surface area contributed by atoms with Gasteiger partial charge in [-0.1, -0.05) is 6.07 Å². The van der Waals surface area contributed by atoms with Gasteiger partial charge in [0.1, 0.15) is 5.82 Å². The van der Waals surface area contributed by atoms with Crippen LogP contribution in [0.1, 0.15) is 5.56 Å². The first-order chi connectivity index (χ1) is 13.2. The maximum Gasteiger partial charge on any atom is 0.334 e. The van der Waals surface area contributed by atoms with Gasteiger partial charge in [0.05, 0.1) is 19.9 Å². The quantitative estimate of drug-likeness (QED) is 0.590. The average Bonchev–Trinajstić information content (AvgIpc) is 3.34. The molecule has 0 saturated heterocycles. The Morgan fingerprint density at radius 2 is 2.04 bits per heavy atom. The Morgan fingerprint density at radius 1 is 1.15 bits per heavy atom.